The highest BCUT2D eigenvalue weighted by Gasteiger charge is 2.26. The number of piperidine rings is 1. The molecule has 1 fully saturated rings. The molecule has 2 aromatic carbocycles. The Labute approximate surface area is 171 Å². The van der Waals surface area contributed by atoms with E-state index in [-0.39, 0.29) is 11.8 Å². The Balaban J connectivity index is 1.20. The molecule has 0 radical (unpaired) electrons. The molecule has 2 N–H and O–H groups in total. The van der Waals surface area contributed by atoms with Crippen LogP contribution in [0.4, 0.5) is 5.95 Å². The number of H-pyrrole nitrogens is 1. The summed E-state index contributed by atoms with van der Waals surface area (Å²) in [6.07, 6.45) is 1.73. The number of hydrogen-bond donors (Lipinski definition) is 2. The normalized spacial score (nSPS) is 15.2. The second kappa shape index (κ2) is 9.09. The molecule has 0 saturated carbocycles. The van der Waals surface area contributed by atoms with E-state index in [9.17, 15) is 4.79 Å². The smallest absolute Gasteiger partial charge is 0.223 e. The number of fused-ring (bicyclic) bond motifs is 1. The summed E-state index contributed by atoms with van der Waals surface area (Å²) < 4.78 is 0. The van der Waals surface area contributed by atoms with Crippen LogP contribution in [0.2, 0.25) is 0 Å². The number of likely N-dealkylation sites (N-methyl/N-ethyl adjacent to an activating group) is 1. The van der Waals surface area contributed by atoms with Gasteiger partial charge in [-0.15, -0.1) is 0 Å². The van der Waals surface area contributed by atoms with Crippen molar-refractivity contribution in [2.75, 3.05) is 38.1 Å². The lowest BCUT2D eigenvalue weighted by molar-refractivity contribution is -0.125. The van der Waals surface area contributed by atoms with Crippen molar-refractivity contribution in [2.45, 2.75) is 19.4 Å². The van der Waals surface area contributed by atoms with Crippen LogP contribution in [0.15, 0.2) is 54.6 Å². The molecule has 0 unspecified atom stereocenters. The van der Waals surface area contributed by atoms with Crippen molar-refractivity contribution in [3.05, 3.63) is 60.2 Å². The standard InChI is InChI=1S/C23H29N5O/c1-27(17-18-7-3-2-4-8-18)16-13-24-22(29)19-11-14-28(15-12-19)23-25-20-9-5-6-10-21(20)26-23/h2-10,19H,11-17H2,1H3,(H,24,29)(H,25,26). The summed E-state index contributed by atoms with van der Waals surface area (Å²) in [7, 11) is 2.09. The summed E-state index contributed by atoms with van der Waals surface area (Å²) in [5.41, 5.74) is 3.34. The van der Waals surface area contributed by atoms with Gasteiger partial charge in [-0.25, -0.2) is 4.98 Å². The number of carbonyl (C=O) groups excluding carboxylic acids is 1. The molecule has 3 aromatic rings. The van der Waals surface area contributed by atoms with Crippen LogP contribution >= 0.6 is 0 Å². The maximum atomic E-state index is 12.6. The van der Waals surface area contributed by atoms with Gasteiger partial charge in [0.25, 0.3) is 0 Å². The molecule has 1 aromatic heterocycles. The number of nitrogens with zero attached hydrogens (tertiary/aromatic N) is 3. The van der Waals surface area contributed by atoms with E-state index in [4.69, 9.17) is 0 Å². The SMILES string of the molecule is CN(CCNC(=O)C1CCN(c2nc3ccccc3[nH]2)CC1)Cc1ccccc1. The van der Waals surface area contributed by atoms with E-state index in [0.717, 1.165) is 56.0 Å². The molecule has 1 aliphatic rings. The maximum Gasteiger partial charge on any atom is 0.223 e. The molecular formula is C23H29N5O. The Morgan fingerprint density at radius 3 is 2.62 bits per heavy atom. The minimum absolute atomic E-state index is 0.0926. The summed E-state index contributed by atoms with van der Waals surface area (Å²) in [4.78, 5) is 25.1. The van der Waals surface area contributed by atoms with Gasteiger partial charge in [-0.2, -0.15) is 0 Å². The lowest BCUT2D eigenvalue weighted by atomic mass is 9.96. The molecule has 4 rings (SSSR count). The number of aromatic amines is 1. The van der Waals surface area contributed by atoms with Crippen LogP contribution in [-0.4, -0.2) is 54.0 Å². The molecule has 0 bridgehead atoms. The highest BCUT2D eigenvalue weighted by molar-refractivity contribution is 5.79. The minimum atomic E-state index is 0.0926. The Morgan fingerprint density at radius 2 is 1.86 bits per heavy atom. The van der Waals surface area contributed by atoms with Crippen molar-refractivity contribution in [1.82, 2.24) is 20.2 Å². The Hall–Kier alpha value is -2.86. The van der Waals surface area contributed by atoms with E-state index in [2.05, 4.69) is 56.4 Å². The molecular weight excluding hydrogens is 362 g/mol. The van der Waals surface area contributed by atoms with E-state index in [0.29, 0.717) is 6.54 Å². The van der Waals surface area contributed by atoms with Gasteiger partial charge < -0.3 is 20.1 Å². The third-order valence-electron chi connectivity index (χ3n) is 5.63. The molecule has 0 atom stereocenters. The Bertz CT molecular complexity index is 898. The Kier molecular flexibility index (Phi) is 6.10. The fourth-order valence-electron chi connectivity index (χ4n) is 3.93. The summed E-state index contributed by atoms with van der Waals surface area (Å²) in [5.74, 6) is 1.19. The zero-order chi connectivity index (χ0) is 20.1. The summed E-state index contributed by atoms with van der Waals surface area (Å²) in [6, 6.07) is 18.5. The summed E-state index contributed by atoms with van der Waals surface area (Å²) in [6.45, 7) is 4.13. The Morgan fingerprint density at radius 1 is 1.14 bits per heavy atom. The van der Waals surface area contributed by atoms with Crippen LogP contribution < -0.4 is 10.2 Å². The number of anilines is 1. The first-order valence-corrected chi connectivity index (χ1v) is 10.4. The molecule has 2 heterocycles. The first kappa shape index (κ1) is 19.5. The number of rotatable bonds is 7. The number of benzene rings is 2. The monoisotopic (exact) mass is 391 g/mol. The van der Waals surface area contributed by atoms with Crippen molar-refractivity contribution in [3.63, 3.8) is 0 Å². The average molecular weight is 392 g/mol. The van der Waals surface area contributed by atoms with Gasteiger partial charge in [-0.05, 0) is 37.6 Å². The van der Waals surface area contributed by atoms with Gasteiger partial charge in [0.2, 0.25) is 11.9 Å². The van der Waals surface area contributed by atoms with Gasteiger partial charge >= 0.3 is 0 Å². The van der Waals surface area contributed by atoms with Crippen LogP contribution in [0, 0.1) is 5.92 Å². The van der Waals surface area contributed by atoms with E-state index in [1.807, 2.05) is 30.3 Å². The van der Waals surface area contributed by atoms with Crippen molar-refractivity contribution in [3.8, 4) is 0 Å². The van der Waals surface area contributed by atoms with Crippen molar-refractivity contribution in [1.29, 1.82) is 0 Å². The fraction of sp³-hybridized carbons (Fsp3) is 0.391. The third-order valence-corrected chi connectivity index (χ3v) is 5.63. The third kappa shape index (κ3) is 4.95. The predicted molar refractivity (Wildman–Crippen MR) is 117 cm³/mol. The van der Waals surface area contributed by atoms with Crippen LogP contribution in [0.5, 0.6) is 0 Å². The maximum absolute atomic E-state index is 12.6. The topological polar surface area (TPSA) is 64.3 Å². The van der Waals surface area contributed by atoms with Crippen LogP contribution in [-0.2, 0) is 11.3 Å². The number of carbonyl (C=O) groups is 1. The number of hydrogen-bond acceptors (Lipinski definition) is 4. The number of amides is 1. The van der Waals surface area contributed by atoms with Crippen molar-refractivity contribution >= 4 is 22.9 Å². The predicted octanol–water partition coefficient (Wildman–Crippen LogP) is 3.03. The van der Waals surface area contributed by atoms with Crippen LogP contribution in [0.3, 0.4) is 0 Å². The van der Waals surface area contributed by atoms with Gasteiger partial charge in [-0.1, -0.05) is 42.5 Å². The van der Waals surface area contributed by atoms with Crippen LogP contribution in [0.1, 0.15) is 18.4 Å². The molecule has 6 nitrogen and oxygen atoms in total. The second-order valence-electron chi connectivity index (χ2n) is 7.85. The number of nitrogens with one attached hydrogen (secondary N) is 2. The molecule has 0 spiro atoms. The number of imidazole rings is 1. The van der Waals surface area contributed by atoms with Gasteiger partial charge in [0.1, 0.15) is 0 Å². The van der Waals surface area contributed by atoms with E-state index in [1.165, 1.54) is 5.56 Å². The molecule has 1 amide bonds. The summed E-state index contributed by atoms with van der Waals surface area (Å²) >= 11 is 0. The van der Waals surface area contributed by atoms with Gasteiger partial charge in [0, 0.05) is 38.6 Å². The molecule has 1 saturated heterocycles. The lowest BCUT2D eigenvalue weighted by Gasteiger charge is -2.31. The zero-order valence-electron chi connectivity index (χ0n) is 17.0. The second-order valence-corrected chi connectivity index (χ2v) is 7.85. The van der Waals surface area contributed by atoms with Crippen molar-refractivity contribution in [2.24, 2.45) is 5.92 Å². The largest absolute Gasteiger partial charge is 0.355 e. The number of aromatic nitrogens is 2. The first-order valence-electron chi connectivity index (χ1n) is 10.4. The first-order chi connectivity index (χ1) is 14.2. The van der Waals surface area contributed by atoms with Gasteiger partial charge in [-0.3, -0.25) is 4.79 Å². The van der Waals surface area contributed by atoms with E-state index < -0.39 is 0 Å². The van der Waals surface area contributed by atoms with Crippen LogP contribution in [0.25, 0.3) is 11.0 Å². The lowest BCUT2D eigenvalue weighted by Crippen LogP contribution is -2.42. The highest BCUT2D eigenvalue weighted by atomic mass is 16.1. The van der Waals surface area contributed by atoms with E-state index >= 15 is 0 Å². The molecule has 29 heavy (non-hydrogen) atoms. The van der Waals surface area contributed by atoms with Crippen molar-refractivity contribution < 1.29 is 4.79 Å². The molecule has 0 aliphatic carbocycles. The number of para-hydroxylation sites is 2. The molecule has 152 valence electrons. The highest BCUT2D eigenvalue weighted by Crippen LogP contribution is 2.23. The van der Waals surface area contributed by atoms with Gasteiger partial charge in [0.15, 0.2) is 0 Å². The zero-order valence-corrected chi connectivity index (χ0v) is 17.0. The van der Waals surface area contributed by atoms with E-state index in [1.54, 1.807) is 0 Å². The fourth-order valence-corrected chi connectivity index (χ4v) is 3.93. The molecule has 6 heteroatoms. The van der Waals surface area contributed by atoms with Gasteiger partial charge in [0.05, 0.1) is 11.0 Å². The quantitative estimate of drug-likeness (QED) is 0.650. The minimum Gasteiger partial charge on any atom is -0.355 e. The average Bonchev–Trinajstić information content (AvgIpc) is 3.19. The molecule has 1 aliphatic heterocycles. The summed E-state index contributed by atoms with van der Waals surface area (Å²) in [5, 5.41) is 3.12.